The van der Waals surface area contributed by atoms with Gasteiger partial charge < -0.3 is 20.8 Å². The molecule has 0 aliphatic rings. The Morgan fingerprint density at radius 1 is 1.04 bits per heavy atom. The molecule has 0 aromatic heterocycles. The predicted octanol–water partition coefficient (Wildman–Crippen LogP) is 0.416. The fourth-order valence-corrected chi connectivity index (χ4v) is 2.12. The summed E-state index contributed by atoms with van der Waals surface area (Å²) in [6.07, 6.45) is -0.177. The molecule has 0 spiro atoms. The lowest BCUT2D eigenvalue weighted by Crippen LogP contribution is -2.45. The molecule has 136 valence electrons. The molecule has 2 unspecified atom stereocenters. The quantitative estimate of drug-likeness (QED) is 0.483. The van der Waals surface area contributed by atoms with Gasteiger partial charge in [-0.3, -0.25) is 14.4 Å². The van der Waals surface area contributed by atoms with Crippen molar-refractivity contribution >= 4 is 23.8 Å². The molecule has 0 aliphatic heterocycles. The highest BCUT2D eigenvalue weighted by Gasteiger charge is 2.26. The summed E-state index contributed by atoms with van der Waals surface area (Å²) in [5.74, 6) is -4.54. The van der Waals surface area contributed by atoms with E-state index in [9.17, 15) is 19.2 Å². The van der Waals surface area contributed by atoms with Crippen LogP contribution in [0, 0.1) is 5.92 Å². The molecule has 8 nitrogen and oxygen atoms in total. The molecule has 0 bridgehead atoms. The van der Waals surface area contributed by atoms with Crippen LogP contribution in [0.2, 0.25) is 0 Å². The molecule has 1 aromatic carbocycles. The number of carboxylic acid groups (broad SMARTS) is 2. The first-order valence-electron chi connectivity index (χ1n) is 7.85. The van der Waals surface area contributed by atoms with Crippen molar-refractivity contribution in [2.75, 3.05) is 6.54 Å². The van der Waals surface area contributed by atoms with Crippen LogP contribution in [-0.4, -0.2) is 46.6 Å². The Kier molecular flexibility index (Phi) is 8.11. The van der Waals surface area contributed by atoms with Gasteiger partial charge >= 0.3 is 11.9 Å². The number of amides is 2. The highest BCUT2D eigenvalue weighted by molar-refractivity contribution is 5.90. The average molecular weight is 350 g/mol. The topological polar surface area (TPSA) is 133 Å². The minimum atomic E-state index is -1.52. The third-order valence-electron chi connectivity index (χ3n) is 3.51. The fraction of sp³-hybridized carbons (Fsp3) is 0.412. The minimum Gasteiger partial charge on any atom is -0.481 e. The van der Waals surface area contributed by atoms with Gasteiger partial charge in [0.1, 0.15) is 6.04 Å². The molecular weight excluding hydrogens is 328 g/mol. The maximum atomic E-state index is 11.9. The maximum Gasteiger partial charge on any atom is 0.326 e. The van der Waals surface area contributed by atoms with Crippen LogP contribution in [0.15, 0.2) is 30.3 Å². The zero-order valence-electron chi connectivity index (χ0n) is 13.9. The second-order valence-electron chi connectivity index (χ2n) is 5.69. The van der Waals surface area contributed by atoms with Gasteiger partial charge in [0, 0.05) is 18.9 Å². The Labute approximate surface area is 145 Å². The molecule has 25 heavy (non-hydrogen) atoms. The van der Waals surface area contributed by atoms with Gasteiger partial charge in [0.2, 0.25) is 11.8 Å². The number of carboxylic acids is 2. The third kappa shape index (κ3) is 7.96. The maximum absolute atomic E-state index is 11.9. The van der Waals surface area contributed by atoms with Crippen molar-refractivity contribution in [2.24, 2.45) is 5.92 Å². The molecule has 1 aromatic rings. The number of hydrogen-bond acceptors (Lipinski definition) is 4. The van der Waals surface area contributed by atoms with E-state index in [1.807, 2.05) is 30.3 Å². The first kappa shape index (κ1) is 20.1. The monoisotopic (exact) mass is 350 g/mol. The van der Waals surface area contributed by atoms with Gasteiger partial charge in [-0.25, -0.2) is 4.79 Å². The number of nitrogens with one attached hydrogen (secondary N) is 2. The Balaban J connectivity index is 2.38. The summed E-state index contributed by atoms with van der Waals surface area (Å²) in [5, 5.41) is 22.4. The standard InChI is InChI=1S/C17H22N2O6/c1-11(16(23)19-13(17(24)25)10-15(21)22)9-14(20)18-8-7-12-5-3-2-4-6-12/h2-6,11,13H,7-10H2,1H3,(H,18,20)(H,19,23)(H,21,22)(H,24,25). The molecule has 0 saturated heterocycles. The van der Waals surface area contributed by atoms with Crippen LogP contribution in [0.5, 0.6) is 0 Å². The number of aliphatic carboxylic acids is 2. The van der Waals surface area contributed by atoms with E-state index < -0.39 is 36.2 Å². The lowest BCUT2D eigenvalue weighted by Gasteiger charge is -2.16. The molecule has 2 atom stereocenters. The van der Waals surface area contributed by atoms with Crippen LogP contribution < -0.4 is 10.6 Å². The van der Waals surface area contributed by atoms with Gasteiger partial charge in [0.05, 0.1) is 6.42 Å². The van der Waals surface area contributed by atoms with E-state index in [0.29, 0.717) is 13.0 Å². The van der Waals surface area contributed by atoms with E-state index in [1.165, 1.54) is 6.92 Å². The number of carbonyl (C=O) groups is 4. The van der Waals surface area contributed by atoms with Gasteiger partial charge in [-0.05, 0) is 12.0 Å². The molecule has 8 heteroatoms. The van der Waals surface area contributed by atoms with Crippen molar-refractivity contribution in [3.05, 3.63) is 35.9 Å². The molecular formula is C17H22N2O6. The molecule has 4 N–H and O–H groups in total. The summed E-state index contributed by atoms with van der Waals surface area (Å²) >= 11 is 0. The fourth-order valence-electron chi connectivity index (χ4n) is 2.12. The van der Waals surface area contributed by atoms with Crippen LogP contribution in [0.4, 0.5) is 0 Å². The first-order valence-corrected chi connectivity index (χ1v) is 7.85. The van der Waals surface area contributed by atoms with Crippen LogP contribution in [0.1, 0.15) is 25.3 Å². The van der Waals surface area contributed by atoms with E-state index in [-0.39, 0.29) is 12.3 Å². The van der Waals surface area contributed by atoms with E-state index in [1.54, 1.807) is 0 Å². The van der Waals surface area contributed by atoms with Crippen molar-refractivity contribution in [3.8, 4) is 0 Å². The number of hydrogen-bond donors (Lipinski definition) is 4. The van der Waals surface area contributed by atoms with E-state index >= 15 is 0 Å². The summed E-state index contributed by atoms with van der Waals surface area (Å²) < 4.78 is 0. The molecule has 0 fully saturated rings. The van der Waals surface area contributed by atoms with Crippen molar-refractivity contribution in [1.82, 2.24) is 10.6 Å². The van der Waals surface area contributed by atoms with Gasteiger partial charge in [0.25, 0.3) is 0 Å². The molecule has 0 aliphatic carbocycles. The summed E-state index contributed by atoms with van der Waals surface area (Å²) in [6, 6.07) is 8.07. The smallest absolute Gasteiger partial charge is 0.326 e. The summed E-state index contributed by atoms with van der Waals surface area (Å²) in [4.78, 5) is 45.3. The van der Waals surface area contributed by atoms with Crippen molar-refractivity contribution in [1.29, 1.82) is 0 Å². The highest BCUT2D eigenvalue weighted by atomic mass is 16.4. The van der Waals surface area contributed by atoms with Crippen molar-refractivity contribution < 1.29 is 29.4 Å². The summed E-state index contributed by atoms with van der Waals surface area (Å²) in [6.45, 7) is 1.90. The Hall–Kier alpha value is -2.90. The second-order valence-corrected chi connectivity index (χ2v) is 5.69. The zero-order chi connectivity index (χ0) is 18.8. The Bertz CT molecular complexity index is 617. The molecule has 1 rings (SSSR count). The van der Waals surface area contributed by atoms with Gasteiger partial charge in [-0.2, -0.15) is 0 Å². The normalized spacial score (nSPS) is 12.7. The second kappa shape index (κ2) is 10.1. The van der Waals surface area contributed by atoms with E-state index in [2.05, 4.69) is 10.6 Å². The van der Waals surface area contributed by atoms with Crippen LogP contribution in [0.3, 0.4) is 0 Å². The van der Waals surface area contributed by atoms with Gasteiger partial charge in [-0.1, -0.05) is 37.3 Å². The van der Waals surface area contributed by atoms with Crippen molar-refractivity contribution in [3.63, 3.8) is 0 Å². The molecule has 0 saturated carbocycles. The van der Waals surface area contributed by atoms with Gasteiger partial charge in [-0.15, -0.1) is 0 Å². The van der Waals surface area contributed by atoms with Crippen LogP contribution >= 0.6 is 0 Å². The summed E-state index contributed by atoms with van der Waals surface area (Å²) in [7, 11) is 0. The van der Waals surface area contributed by atoms with Crippen LogP contribution in [-0.2, 0) is 25.6 Å². The van der Waals surface area contributed by atoms with E-state index in [4.69, 9.17) is 10.2 Å². The summed E-state index contributed by atoms with van der Waals surface area (Å²) in [5.41, 5.74) is 1.08. The van der Waals surface area contributed by atoms with Crippen LogP contribution in [0.25, 0.3) is 0 Å². The van der Waals surface area contributed by atoms with Crippen molar-refractivity contribution in [2.45, 2.75) is 32.2 Å². The zero-order valence-corrected chi connectivity index (χ0v) is 13.9. The predicted molar refractivity (Wildman–Crippen MR) is 88.8 cm³/mol. The number of rotatable bonds is 10. The third-order valence-corrected chi connectivity index (χ3v) is 3.51. The average Bonchev–Trinajstić information content (AvgIpc) is 2.54. The van der Waals surface area contributed by atoms with E-state index in [0.717, 1.165) is 5.56 Å². The Morgan fingerprint density at radius 2 is 1.68 bits per heavy atom. The van der Waals surface area contributed by atoms with Gasteiger partial charge in [0.15, 0.2) is 0 Å². The molecule has 0 radical (unpaired) electrons. The Morgan fingerprint density at radius 3 is 2.24 bits per heavy atom. The minimum absolute atomic E-state index is 0.111. The number of carbonyl (C=O) groups excluding carboxylic acids is 2. The SMILES string of the molecule is CC(CC(=O)NCCc1ccccc1)C(=O)NC(CC(=O)O)C(=O)O. The lowest BCUT2D eigenvalue weighted by atomic mass is 10.1. The molecule has 2 amide bonds. The highest BCUT2D eigenvalue weighted by Crippen LogP contribution is 2.04. The number of benzene rings is 1. The largest absolute Gasteiger partial charge is 0.481 e. The molecule has 0 heterocycles. The lowest BCUT2D eigenvalue weighted by molar-refractivity contribution is -0.147. The first-order chi connectivity index (χ1) is 11.8.